The Kier molecular flexibility index (Phi) is 13.7. The first-order valence-electron chi connectivity index (χ1n) is 7.88. The topological polar surface area (TPSA) is 89.6 Å². The first-order valence-corrected chi connectivity index (χ1v) is 9.24. The molecule has 0 saturated heterocycles. The molecule has 0 aliphatic heterocycles. The van der Waals surface area contributed by atoms with Gasteiger partial charge >= 0.3 is 10.4 Å². The van der Waals surface area contributed by atoms with Gasteiger partial charge in [0.2, 0.25) is 0 Å². The number of hydrogen-bond donors (Lipinski definition) is 2. The monoisotopic (exact) mass is 309 g/mol. The Hall–Kier alpha value is -0.170. The summed E-state index contributed by atoms with van der Waals surface area (Å²) in [4.78, 5) is 0. The largest absolute Gasteiger partial charge is 0.397 e. The maximum Gasteiger partial charge on any atom is 0.397 e. The van der Waals surface area contributed by atoms with Crippen molar-refractivity contribution in [3.05, 3.63) is 0 Å². The van der Waals surface area contributed by atoms with E-state index in [9.17, 15) is 8.42 Å². The van der Waals surface area contributed by atoms with Crippen LogP contribution in [0.3, 0.4) is 0 Å². The predicted molar refractivity (Wildman–Crippen MR) is 82.0 cm³/mol. The fourth-order valence-electron chi connectivity index (χ4n) is 2.18. The zero-order valence-corrected chi connectivity index (χ0v) is 13.4. The fraction of sp³-hybridized carbons (Fsp3) is 1.00. The lowest BCUT2D eigenvalue weighted by Gasteiger charge is -2.03. The van der Waals surface area contributed by atoms with Crippen LogP contribution in [0.25, 0.3) is 0 Å². The van der Waals surface area contributed by atoms with E-state index >= 15 is 0 Å². The molecule has 0 bridgehead atoms. The second-order valence-corrected chi connectivity index (χ2v) is 6.37. The molecule has 5 nitrogen and oxygen atoms in total. The van der Waals surface area contributed by atoms with Crippen molar-refractivity contribution in [2.45, 2.75) is 77.0 Å². The van der Waals surface area contributed by atoms with Gasteiger partial charge in [0.15, 0.2) is 0 Å². The molecule has 0 amide bonds. The molecule has 0 aliphatic rings. The van der Waals surface area contributed by atoms with Crippen molar-refractivity contribution >= 4 is 10.4 Å². The summed E-state index contributed by atoms with van der Waals surface area (Å²) in [5, 5.41) is 0. The van der Waals surface area contributed by atoms with Crippen molar-refractivity contribution in [1.29, 1.82) is 0 Å². The minimum Gasteiger partial charge on any atom is -0.330 e. The quantitative estimate of drug-likeness (QED) is 0.357. The average Bonchev–Trinajstić information content (AvgIpc) is 2.38. The van der Waals surface area contributed by atoms with Gasteiger partial charge in [0.25, 0.3) is 0 Å². The van der Waals surface area contributed by atoms with Crippen LogP contribution in [0.5, 0.6) is 0 Å². The molecule has 0 aromatic rings. The smallest absolute Gasteiger partial charge is 0.330 e. The van der Waals surface area contributed by atoms with Crippen LogP contribution in [0.15, 0.2) is 0 Å². The molecular weight excluding hydrogens is 278 g/mol. The number of unbranched alkanes of at least 4 members (excludes halogenated alkanes) is 11. The zero-order chi connectivity index (χ0) is 15.1. The van der Waals surface area contributed by atoms with Crippen LogP contribution in [-0.4, -0.2) is 26.1 Å². The minimum absolute atomic E-state index is 0.0850. The standard InChI is InChI=1S/C14H31NO4S/c15-13-11-9-7-5-3-1-2-4-6-8-10-12-14-19-20(16,17)18/h1-15H2,(H,16,17,18). The molecule has 3 N–H and O–H groups in total. The minimum atomic E-state index is -4.25. The van der Waals surface area contributed by atoms with E-state index in [1.54, 1.807) is 0 Å². The lowest BCUT2D eigenvalue weighted by molar-refractivity contribution is 0.261. The second kappa shape index (κ2) is 13.8. The lowest BCUT2D eigenvalue weighted by atomic mass is 10.1. The second-order valence-electron chi connectivity index (χ2n) is 5.28. The van der Waals surface area contributed by atoms with Gasteiger partial charge in [-0.2, -0.15) is 8.42 Å². The van der Waals surface area contributed by atoms with Gasteiger partial charge in [0.05, 0.1) is 6.61 Å². The number of rotatable bonds is 15. The van der Waals surface area contributed by atoms with Crippen molar-refractivity contribution in [2.24, 2.45) is 5.73 Å². The Bertz CT molecular complexity index is 294. The molecule has 0 aromatic heterocycles. The lowest BCUT2D eigenvalue weighted by Crippen LogP contribution is -2.04. The Morgan fingerprint density at radius 3 is 1.40 bits per heavy atom. The predicted octanol–water partition coefficient (Wildman–Crippen LogP) is 3.45. The van der Waals surface area contributed by atoms with Crippen LogP contribution in [0.2, 0.25) is 0 Å². The molecule has 6 heteroatoms. The Balaban J connectivity index is 3.03. The maximum absolute atomic E-state index is 10.3. The fourth-order valence-corrected chi connectivity index (χ4v) is 2.51. The van der Waals surface area contributed by atoms with E-state index in [0.29, 0.717) is 6.42 Å². The number of nitrogens with two attached hydrogens (primary N) is 1. The summed E-state index contributed by atoms with van der Waals surface area (Å²) in [7, 11) is -4.25. The van der Waals surface area contributed by atoms with Crippen LogP contribution in [0.1, 0.15) is 77.0 Å². The summed E-state index contributed by atoms with van der Waals surface area (Å²) < 4.78 is 33.2. The Morgan fingerprint density at radius 1 is 0.700 bits per heavy atom. The average molecular weight is 309 g/mol. The van der Waals surface area contributed by atoms with Crippen LogP contribution in [-0.2, 0) is 14.6 Å². The van der Waals surface area contributed by atoms with Crippen LogP contribution < -0.4 is 5.73 Å². The van der Waals surface area contributed by atoms with Crippen LogP contribution >= 0.6 is 0 Å². The maximum atomic E-state index is 10.3. The molecule has 0 atom stereocenters. The molecular formula is C14H31NO4S. The van der Waals surface area contributed by atoms with Crippen molar-refractivity contribution in [3.8, 4) is 0 Å². The normalized spacial score (nSPS) is 11.9. The van der Waals surface area contributed by atoms with Crippen LogP contribution in [0, 0.1) is 0 Å². The molecule has 122 valence electrons. The van der Waals surface area contributed by atoms with Crippen molar-refractivity contribution in [2.75, 3.05) is 13.2 Å². The molecule has 0 fully saturated rings. The molecule has 0 aliphatic carbocycles. The van der Waals surface area contributed by atoms with Crippen molar-refractivity contribution in [3.63, 3.8) is 0 Å². The molecule has 0 saturated carbocycles. The molecule has 0 unspecified atom stereocenters. The van der Waals surface area contributed by atoms with Gasteiger partial charge in [-0.05, 0) is 19.4 Å². The molecule has 0 rings (SSSR count). The van der Waals surface area contributed by atoms with E-state index in [2.05, 4.69) is 4.18 Å². The highest BCUT2D eigenvalue weighted by atomic mass is 32.3. The highest BCUT2D eigenvalue weighted by Crippen LogP contribution is 2.11. The third-order valence-corrected chi connectivity index (χ3v) is 3.80. The van der Waals surface area contributed by atoms with E-state index in [0.717, 1.165) is 25.8 Å². The van der Waals surface area contributed by atoms with Gasteiger partial charge in [-0.3, -0.25) is 4.55 Å². The highest BCUT2D eigenvalue weighted by molar-refractivity contribution is 7.80. The first kappa shape index (κ1) is 19.8. The van der Waals surface area contributed by atoms with E-state index in [4.69, 9.17) is 10.3 Å². The summed E-state index contributed by atoms with van der Waals surface area (Å²) in [6.45, 7) is 0.900. The summed E-state index contributed by atoms with van der Waals surface area (Å²) in [5.74, 6) is 0. The Labute approximate surface area is 124 Å². The summed E-state index contributed by atoms with van der Waals surface area (Å²) in [6, 6.07) is 0. The molecule has 20 heavy (non-hydrogen) atoms. The van der Waals surface area contributed by atoms with Crippen LogP contribution in [0.4, 0.5) is 0 Å². The van der Waals surface area contributed by atoms with Crippen molar-refractivity contribution < 1.29 is 17.2 Å². The van der Waals surface area contributed by atoms with Gasteiger partial charge in [-0.15, -0.1) is 0 Å². The molecule has 0 radical (unpaired) electrons. The molecule has 0 aromatic carbocycles. The molecule has 0 heterocycles. The first-order chi connectivity index (χ1) is 9.56. The highest BCUT2D eigenvalue weighted by Gasteiger charge is 2.02. The summed E-state index contributed by atoms with van der Waals surface area (Å²) >= 11 is 0. The van der Waals surface area contributed by atoms with Gasteiger partial charge < -0.3 is 5.73 Å². The zero-order valence-electron chi connectivity index (χ0n) is 12.6. The van der Waals surface area contributed by atoms with E-state index in [-0.39, 0.29) is 6.61 Å². The molecule has 0 spiro atoms. The summed E-state index contributed by atoms with van der Waals surface area (Å²) in [6.07, 6.45) is 14.2. The third-order valence-electron chi connectivity index (χ3n) is 3.33. The van der Waals surface area contributed by atoms with Gasteiger partial charge in [0.1, 0.15) is 0 Å². The van der Waals surface area contributed by atoms with E-state index < -0.39 is 10.4 Å². The van der Waals surface area contributed by atoms with E-state index in [1.807, 2.05) is 0 Å². The SMILES string of the molecule is NCCCCCCCCCCCCCCOS(=O)(=O)O. The Morgan fingerprint density at radius 2 is 1.05 bits per heavy atom. The van der Waals surface area contributed by atoms with Crippen molar-refractivity contribution in [1.82, 2.24) is 0 Å². The third kappa shape index (κ3) is 17.8. The summed E-state index contributed by atoms with van der Waals surface area (Å²) in [5.41, 5.74) is 5.44. The number of hydrogen-bond acceptors (Lipinski definition) is 4. The van der Waals surface area contributed by atoms with E-state index in [1.165, 1.54) is 51.4 Å². The van der Waals surface area contributed by atoms with Gasteiger partial charge in [0, 0.05) is 0 Å². The van der Waals surface area contributed by atoms with Gasteiger partial charge in [-0.25, -0.2) is 4.18 Å². The van der Waals surface area contributed by atoms with Gasteiger partial charge in [-0.1, -0.05) is 64.2 Å².